The molecule has 3 heterocycles. The monoisotopic (exact) mass is 494 g/mol. The third-order valence-electron chi connectivity index (χ3n) is 7.90. The van der Waals surface area contributed by atoms with Crippen molar-refractivity contribution in [3.05, 3.63) is 75.4 Å². The van der Waals surface area contributed by atoms with E-state index in [4.69, 9.17) is 23.2 Å². The first kappa shape index (κ1) is 21.9. The van der Waals surface area contributed by atoms with Crippen molar-refractivity contribution in [2.24, 2.45) is 11.8 Å². The van der Waals surface area contributed by atoms with Crippen molar-refractivity contribution in [3.63, 3.8) is 0 Å². The van der Waals surface area contributed by atoms with Crippen LogP contribution in [0.15, 0.2) is 48.7 Å². The van der Waals surface area contributed by atoms with Gasteiger partial charge in [0.2, 0.25) is 11.8 Å². The maximum absolute atomic E-state index is 13.9. The number of Topliss-reactive ketones (excluding diaryl/α,β-unsaturated/α-hetero) is 1. The summed E-state index contributed by atoms with van der Waals surface area (Å²) in [6.07, 6.45) is 8.65. The molecule has 0 spiro atoms. The molecule has 1 aliphatic carbocycles. The number of nitrogens with zero attached hydrogens (tertiary/aromatic N) is 2. The molecule has 34 heavy (non-hydrogen) atoms. The van der Waals surface area contributed by atoms with E-state index in [0.717, 1.165) is 43.2 Å². The lowest BCUT2D eigenvalue weighted by Gasteiger charge is -2.37. The van der Waals surface area contributed by atoms with Gasteiger partial charge in [-0.15, -0.1) is 0 Å². The Balaban J connectivity index is 1.47. The molecule has 4 aliphatic rings. The first-order valence-corrected chi connectivity index (χ1v) is 12.6. The van der Waals surface area contributed by atoms with Gasteiger partial charge in [-0.1, -0.05) is 66.7 Å². The molecule has 2 saturated heterocycles. The number of carbonyl (C=O) groups is 3. The highest BCUT2D eigenvalue weighted by atomic mass is 35.5. The molecular formula is C27H24Cl2N2O3. The van der Waals surface area contributed by atoms with E-state index in [1.54, 1.807) is 12.1 Å². The lowest BCUT2D eigenvalue weighted by Crippen LogP contribution is -2.47. The van der Waals surface area contributed by atoms with Gasteiger partial charge >= 0.3 is 0 Å². The Hall–Kier alpha value is -2.63. The Kier molecular flexibility index (Phi) is 5.30. The summed E-state index contributed by atoms with van der Waals surface area (Å²) in [6, 6.07) is 11.4. The predicted octanol–water partition coefficient (Wildman–Crippen LogP) is 5.52. The van der Waals surface area contributed by atoms with Crippen molar-refractivity contribution in [3.8, 4) is 0 Å². The molecule has 0 aromatic heterocycles. The average molecular weight is 495 g/mol. The summed E-state index contributed by atoms with van der Waals surface area (Å²) in [7, 11) is 0. The van der Waals surface area contributed by atoms with E-state index in [2.05, 4.69) is 0 Å². The van der Waals surface area contributed by atoms with Crippen LogP contribution in [0.3, 0.4) is 0 Å². The molecule has 2 aromatic rings. The normalized spacial score (nSPS) is 28.2. The van der Waals surface area contributed by atoms with E-state index in [1.807, 2.05) is 41.4 Å². The molecule has 1 saturated carbocycles. The summed E-state index contributed by atoms with van der Waals surface area (Å²) in [6.45, 7) is 0. The van der Waals surface area contributed by atoms with Crippen molar-refractivity contribution in [2.75, 3.05) is 0 Å². The maximum Gasteiger partial charge on any atom is 0.236 e. The highest BCUT2D eigenvalue weighted by Crippen LogP contribution is 2.54. The van der Waals surface area contributed by atoms with Crippen LogP contribution in [-0.2, 0) is 9.59 Å². The zero-order chi connectivity index (χ0) is 23.6. The van der Waals surface area contributed by atoms with Crippen LogP contribution < -0.4 is 0 Å². The molecular weight excluding hydrogens is 471 g/mol. The molecule has 5 nitrogen and oxygen atoms in total. The van der Waals surface area contributed by atoms with Crippen LogP contribution in [0.1, 0.15) is 59.6 Å². The fourth-order valence-corrected chi connectivity index (χ4v) is 6.93. The summed E-state index contributed by atoms with van der Waals surface area (Å²) < 4.78 is 0. The van der Waals surface area contributed by atoms with Gasteiger partial charge in [-0.05, 0) is 48.2 Å². The number of carbonyl (C=O) groups excluding carboxylic acids is 3. The minimum Gasteiger partial charge on any atom is -0.358 e. The number of hydrogen-bond donors (Lipinski definition) is 0. The minimum atomic E-state index is -0.802. The Labute approximate surface area is 208 Å². The quantitative estimate of drug-likeness (QED) is 0.416. The van der Waals surface area contributed by atoms with Crippen molar-refractivity contribution in [1.82, 2.24) is 9.80 Å². The van der Waals surface area contributed by atoms with Crippen LogP contribution in [0, 0.1) is 11.8 Å². The molecule has 7 heteroatoms. The molecule has 3 aliphatic heterocycles. The molecule has 174 valence electrons. The number of fused-ring (bicyclic) bond motifs is 5. The molecule has 4 atom stereocenters. The third kappa shape index (κ3) is 3.17. The van der Waals surface area contributed by atoms with Gasteiger partial charge in [0.1, 0.15) is 6.04 Å². The Morgan fingerprint density at radius 1 is 0.912 bits per heavy atom. The second-order valence-electron chi connectivity index (χ2n) is 9.66. The highest BCUT2D eigenvalue weighted by Gasteiger charge is 2.65. The molecule has 0 N–H and O–H groups in total. The zero-order valence-corrected chi connectivity index (χ0v) is 20.0. The zero-order valence-electron chi connectivity index (χ0n) is 18.5. The first-order valence-electron chi connectivity index (χ1n) is 11.9. The molecule has 2 amide bonds. The lowest BCUT2D eigenvalue weighted by atomic mass is 9.83. The summed E-state index contributed by atoms with van der Waals surface area (Å²) in [5.74, 6) is -1.95. The second kappa shape index (κ2) is 8.24. The molecule has 0 bridgehead atoms. The minimum absolute atomic E-state index is 0.0722. The number of hydrogen-bond acceptors (Lipinski definition) is 4. The summed E-state index contributed by atoms with van der Waals surface area (Å²) in [5, 5.41) is 0.686. The van der Waals surface area contributed by atoms with Crippen molar-refractivity contribution in [2.45, 2.75) is 50.2 Å². The second-order valence-corrected chi connectivity index (χ2v) is 10.5. The predicted molar refractivity (Wildman–Crippen MR) is 130 cm³/mol. The van der Waals surface area contributed by atoms with Gasteiger partial charge < -0.3 is 4.90 Å². The Morgan fingerprint density at radius 3 is 2.41 bits per heavy atom. The summed E-state index contributed by atoms with van der Waals surface area (Å²) in [5.41, 5.74) is 2.31. The first-order chi connectivity index (χ1) is 16.5. The van der Waals surface area contributed by atoms with Crippen LogP contribution in [0.4, 0.5) is 0 Å². The van der Waals surface area contributed by atoms with Gasteiger partial charge in [0, 0.05) is 22.8 Å². The Morgan fingerprint density at radius 2 is 1.65 bits per heavy atom. The smallest absolute Gasteiger partial charge is 0.236 e. The van der Waals surface area contributed by atoms with E-state index < -0.39 is 17.9 Å². The lowest BCUT2D eigenvalue weighted by molar-refractivity contribution is -0.144. The van der Waals surface area contributed by atoms with Gasteiger partial charge in [-0.3, -0.25) is 19.3 Å². The van der Waals surface area contributed by atoms with E-state index in [1.165, 1.54) is 11.0 Å². The van der Waals surface area contributed by atoms with Crippen LogP contribution >= 0.6 is 23.2 Å². The SMILES string of the molecule is O=C(c1ccc(Cl)cc1Cl)[C@@H]1[C@@H]2C(=O)N(C3CCCCC3)C(=O)[C@@H]2C2c3ccccc3C=CN21. The van der Waals surface area contributed by atoms with Crippen molar-refractivity contribution in [1.29, 1.82) is 0 Å². The molecule has 6 rings (SSSR count). The molecule has 0 radical (unpaired) electrons. The highest BCUT2D eigenvalue weighted by molar-refractivity contribution is 6.37. The fourth-order valence-electron chi connectivity index (χ4n) is 6.43. The van der Waals surface area contributed by atoms with Crippen LogP contribution in [0.2, 0.25) is 10.0 Å². The summed E-state index contributed by atoms with van der Waals surface area (Å²) >= 11 is 12.5. The van der Waals surface area contributed by atoms with Gasteiger partial charge in [-0.25, -0.2) is 0 Å². The van der Waals surface area contributed by atoms with Crippen LogP contribution in [-0.4, -0.2) is 39.5 Å². The van der Waals surface area contributed by atoms with E-state index in [-0.39, 0.29) is 34.7 Å². The molecule has 1 unspecified atom stereocenters. The standard InChI is InChI=1S/C27H24Cl2N2O3/c28-16-10-11-19(20(29)14-16)25(32)24-22-21(23-18-9-5-4-6-15(18)12-13-30(23)24)26(33)31(27(22)34)17-7-2-1-3-8-17/h4-6,9-14,17,21-24H,1-3,7-8H2/t21-,22+,23?,24-/m0/s1. The Bertz CT molecular complexity index is 1240. The number of amides is 2. The number of imide groups is 1. The van der Waals surface area contributed by atoms with Crippen molar-refractivity contribution >= 4 is 46.9 Å². The third-order valence-corrected chi connectivity index (χ3v) is 8.45. The topological polar surface area (TPSA) is 57.7 Å². The van der Waals surface area contributed by atoms with E-state index in [0.29, 0.717) is 10.6 Å². The van der Waals surface area contributed by atoms with E-state index >= 15 is 0 Å². The number of halogens is 2. The van der Waals surface area contributed by atoms with Gasteiger partial charge in [0.05, 0.1) is 22.9 Å². The number of ketones is 1. The van der Waals surface area contributed by atoms with E-state index in [9.17, 15) is 14.4 Å². The number of likely N-dealkylation sites (tertiary alicyclic amines) is 1. The number of benzene rings is 2. The van der Waals surface area contributed by atoms with Gasteiger partial charge in [0.15, 0.2) is 5.78 Å². The summed E-state index contributed by atoms with van der Waals surface area (Å²) in [4.78, 5) is 45.1. The fraction of sp³-hybridized carbons (Fsp3) is 0.370. The van der Waals surface area contributed by atoms with Crippen LogP contribution in [0.25, 0.3) is 6.08 Å². The molecule has 3 fully saturated rings. The van der Waals surface area contributed by atoms with Crippen LogP contribution in [0.5, 0.6) is 0 Å². The van der Waals surface area contributed by atoms with Crippen molar-refractivity contribution < 1.29 is 14.4 Å². The maximum atomic E-state index is 13.9. The average Bonchev–Trinajstić information content (AvgIpc) is 3.32. The van der Waals surface area contributed by atoms with Gasteiger partial charge in [0.25, 0.3) is 0 Å². The largest absolute Gasteiger partial charge is 0.358 e. The molecule has 2 aromatic carbocycles. The van der Waals surface area contributed by atoms with Gasteiger partial charge in [-0.2, -0.15) is 0 Å². The number of rotatable bonds is 3.